The molecule has 1 fully saturated rings. The van der Waals surface area contributed by atoms with Gasteiger partial charge >= 0.3 is 5.97 Å². The fourth-order valence-electron chi connectivity index (χ4n) is 4.16. The summed E-state index contributed by atoms with van der Waals surface area (Å²) < 4.78 is 4.95. The molecule has 0 aromatic rings. The van der Waals surface area contributed by atoms with Crippen LogP contribution in [0.25, 0.3) is 0 Å². The molecule has 0 aliphatic heterocycles. The van der Waals surface area contributed by atoms with Gasteiger partial charge in [0.15, 0.2) is 0 Å². The molecule has 1 rings (SSSR count). The zero-order valence-electron chi connectivity index (χ0n) is 18.7. The van der Waals surface area contributed by atoms with Crippen LogP contribution < -0.4 is 0 Å². The normalized spacial score (nSPS) is 24.3. The summed E-state index contributed by atoms with van der Waals surface area (Å²) in [6, 6.07) is 0. The van der Waals surface area contributed by atoms with E-state index in [4.69, 9.17) is 4.74 Å². The van der Waals surface area contributed by atoms with Crippen LogP contribution in [0, 0.1) is 11.8 Å². The van der Waals surface area contributed by atoms with Crippen LogP contribution in [-0.4, -0.2) is 34.5 Å². The van der Waals surface area contributed by atoms with Crippen LogP contribution >= 0.6 is 0 Å². The van der Waals surface area contributed by atoms with Crippen LogP contribution in [0.5, 0.6) is 0 Å². The molecule has 0 aromatic carbocycles. The number of carbonyl (C=O) groups is 1. The molecule has 164 valence electrons. The van der Waals surface area contributed by atoms with Crippen molar-refractivity contribution in [2.24, 2.45) is 11.8 Å². The van der Waals surface area contributed by atoms with Gasteiger partial charge in [-0.1, -0.05) is 57.6 Å². The molecule has 1 saturated carbocycles. The first-order valence-electron chi connectivity index (χ1n) is 11.6. The highest BCUT2D eigenvalue weighted by Crippen LogP contribution is 2.37. The predicted octanol–water partition coefficient (Wildman–Crippen LogP) is 5.55. The molecule has 1 aliphatic rings. The highest BCUT2D eigenvalue weighted by molar-refractivity contribution is 5.69. The van der Waals surface area contributed by atoms with Crippen molar-refractivity contribution in [1.29, 1.82) is 0 Å². The molecule has 4 nitrogen and oxygen atoms in total. The van der Waals surface area contributed by atoms with E-state index in [2.05, 4.69) is 19.9 Å². The number of hydrogen-bond donors (Lipinski definition) is 2. The van der Waals surface area contributed by atoms with Crippen molar-refractivity contribution < 1.29 is 19.7 Å². The zero-order valence-corrected chi connectivity index (χ0v) is 18.7. The number of hydrogen-bond acceptors (Lipinski definition) is 4. The molecule has 0 radical (unpaired) electrons. The van der Waals surface area contributed by atoms with E-state index in [1.54, 1.807) is 0 Å². The summed E-state index contributed by atoms with van der Waals surface area (Å²) >= 11 is 0. The van der Waals surface area contributed by atoms with E-state index in [1.807, 2.05) is 13.8 Å². The average Bonchev–Trinajstić information content (AvgIpc) is 3.01. The molecule has 0 bridgehead atoms. The minimum atomic E-state index is -0.673. The molecule has 0 aromatic heterocycles. The molecule has 0 saturated heterocycles. The van der Waals surface area contributed by atoms with Gasteiger partial charge in [0.25, 0.3) is 0 Å². The first-order valence-corrected chi connectivity index (χ1v) is 11.6. The second-order valence-corrected chi connectivity index (χ2v) is 8.85. The smallest absolute Gasteiger partial charge is 0.305 e. The van der Waals surface area contributed by atoms with Crippen molar-refractivity contribution in [1.82, 2.24) is 0 Å². The Bertz CT molecular complexity index is 469. The number of aliphatic hydroxyl groups excluding tert-OH is 1. The van der Waals surface area contributed by atoms with Crippen LogP contribution in [0.15, 0.2) is 11.6 Å². The summed E-state index contributed by atoms with van der Waals surface area (Å²) in [6.45, 7) is 8.57. The third kappa shape index (κ3) is 9.09. The molecule has 0 spiro atoms. The van der Waals surface area contributed by atoms with Crippen molar-refractivity contribution in [3.63, 3.8) is 0 Å². The molecular weight excluding hydrogens is 352 g/mol. The molecule has 0 amide bonds. The molecule has 28 heavy (non-hydrogen) atoms. The van der Waals surface area contributed by atoms with Gasteiger partial charge in [-0.15, -0.1) is 0 Å². The van der Waals surface area contributed by atoms with Gasteiger partial charge in [-0.2, -0.15) is 0 Å². The Morgan fingerprint density at radius 2 is 1.96 bits per heavy atom. The molecule has 2 unspecified atom stereocenters. The second-order valence-electron chi connectivity index (χ2n) is 8.85. The summed E-state index contributed by atoms with van der Waals surface area (Å²) in [4.78, 5) is 11.3. The maximum Gasteiger partial charge on any atom is 0.305 e. The van der Waals surface area contributed by atoms with Gasteiger partial charge in [-0.25, -0.2) is 0 Å². The maximum atomic E-state index is 11.3. The quantitative estimate of drug-likeness (QED) is 0.229. The number of aliphatic hydroxyl groups is 2. The van der Waals surface area contributed by atoms with Crippen molar-refractivity contribution in [3.8, 4) is 0 Å². The van der Waals surface area contributed by atoms with E-state index >= 15 is 0 Å². The number of unbranched alkanes of at least 4 members (excludes halogenated alkanes) is 4. The van der Waals surface area contributed by atoms with Gasteiger partial charge in [-0.05, 0) is 58.3 Å². The molecular formula is C24H44O4. The molecule has 0 heterocycles. The summed E-state index contributed by atoms with van der Waals surface area (Å²) in [7, 11) is 0. The van der Waals surface area contributed by atoms with Gasteiger partial charge in [0.1, 0.15) is 0 Å². The summed E-state index contributed by atoms with van der Waals surface area (Å²) in [5.74, 6) is 0.430. The minimum absolute atomic E-state index is 0.0980. The highest BCUT2D eigenvalue weighted by Gasteiger charge is 2.31. The Hall–Kier alpha value is -0.870. The SMILES string of the molecule is CCCCC(C)C(C)(O)CC=C1CC[C@@H](O)[C@@H]1CCCCCCC(=O)OCC. The van der Waals surface area contributed by atoms with Gasteiger partial charge in [0, 0.05) is 12.3 Å². The van der Waals surface area contributed by atoms with Crippen LogP contribution in [0.1, 0.15) is 105 Å². The third-order valence-corrected chi connectivity index (χ3v) is 6.45. The van der Waals surface area contributed by atoms with Crippen molar-refractivity contribution in [3.05, 3.63) is 11.6 Å². The average molecular weight is 397 g/mol. The van der Waals surface area contributed by atoms with Gasteiger partial charge in [0.05, 0.1) is 18.3 Å². The van der Waals surface area contributed by atoms with Crippen LogP contribution in [0.4, 0.5) is 0 Å². The van der Waals surface area contributed by atoms with E-state index in [0.717, 1.165) is 64.2 Å². The van der Waals surface area contributed by atoms with Crippen LogP contribution in [0.2, 0.25) is 0 Å². The fraction of sp³-hybridized carbons (Fsp3) is 0.875. The second kappa shape index (κ2) is 13.4. The number of rotatable bonds is 14. The van der Waals surface area contributed by atoms with Crippen LogP contribution in [-0.2, 0) is 9.53 Å². The summed E-state index contributed by atoms with van der Waals surface area (Å²) in [6.07, 6.45) is 13.4. The van der Waals surface area contributed by atoms with Crippen molar-refractivity contribution in [2.45, 2.75) is 116 Å². The Morgan fingerprint density at radius 3 is 2.64 bits per heavy atom. The van der Waals surface area contributed by atoms with Gasteiger partial charge in [0.2, 0.25) is 0 Å². The molecule has 1 aliphatic carbocycles. The van der Waals surface area contributed by atoms with Crippen molar-refractivity contribution in [2.75, 3.05) is 6.61 Å². The Morgan fingerprint density at radius 1 is 1.25 bits per heavy atom. The summed E-state index contributed by atoms with van der Waals surface area (Å²) in [5.41, 5.74) is 0.662. The van der Waals surface area contributed by atoms with Crippen LogP contribution in [0.3, 0.4) is 0 Å². The van der Waals surface area contributed by atoms with Crippen molar-refractivity contribution >= 4 is 5.97 Å². The topological polar surface area (TPSA) is 66.8 Å². The first kappa shape index (κ1) is 25.2. The number of carbonyl (C=O) groups excluding carboxylic acids is 1. The summed E-state index contributed by atoms with van der Waals surface area (Å²) in [5, 5.41) is 21.2. The largest absolute Gasteiger partial charge is 0.466 e. The van der Waals surface area contributed by atoms with Gasteiger partial charge in [-0.3, -0.25) is 4.79 Å². The lowest BCUT2D eigenvalue weighted by Crippen LogP contribution is -2.32. The van der Waals surface area contributed by atoms with E-state index in [1.165, 1.54) is 5.57 Å². The Kier molecular flexibility index (Phi) is 12.0. The standard InChI is InChI=1S/C24H44O4/c1-5-7-12-19(3)24(4,27)18-17-20-15-16-22(25)21(20)13-10-8-9-11-14-23(26)28-6-2/h17,19,21-22,25,27H,5-16,18H2,1-4H3/t19?,21-,22-,24?/m1/s1. The molecule has 4 atom stereocenters. The lowest BCUT2D eigenvalue weighted by Gasteiger charge is -2.30. The van der Waals surface area contributed by atoms with Gasteiger partial charge < -0.3 is 14.9 Å². The number of esters is 1. The first-order chi connectivity index (χ1) is 13.3. The van der Waals surface area contributed by atoms with E-state index < -0.39 is 5.60 Å². The molecule has 4 heteroatoms. The maximum absolute atomic E-state index is 11.3. The Balaban J connectivity index is 2.39. The molecule has 2 N–H and O–H groups in total. The zero-order chi connectivity index (χ0) is 21.0. The fourth-order valence-corrected chi connectivity index (χ4v) is 4.16. The predicted molar refractivity (Wildman–Crippen MR) is 115 cm³/mol. The van der Waals surface area contributed by atoms with E-state index in [0.29, 0.717) is 19.4 Å². The lowest BCUT2D eigenvalue weighted by molar-refractivity contribution is -0.143. The number of ether oxygens (including phenoxy) is 1. The van der Waals surface area contributed by atoms with E-state index in [-0.39, 0.29) is 23.9 Å². The van der Waals surface area contributed by atoms with E-state index in [9.17, 15) is 15.0 Å². The monoisotopic (exact) mass is 396 g/mol. The minimum Gasteiger partial charge on any atom is -0.466 e. The third-order valence-electron chi connectivity index (χ3n) is 6.45. The highest BCUT2D eigenvalue weighted by atomic mass is 16.5. The lowest BCUT2D eigenvalue weighted by atomic mass is 9.83. The Labute approximate surface area is 172 Å².